The number of hydrogen-bond acceptors (Lipinski definition) is 4. The van der Waals surface area contributed by atoms with Crippen LogP contribution in [-0.2, 0) is 6.42 Å². The van der Waals surface area contributed by atoms with E-state index in [9.17, 15) is 4.79 Å². The van der Waals surface area contributed by atoms with Crippen molar-refractivity contribution in [2.75, 3.05) is 13.3 Å². The average molecular weight is 398 g/mol. The predicted molar refractivity (Wildman–Crippen MR) is 105 cm³/mol. The molecule has 0 bridgehead atoms. The summed E-state index contributed by atoms with van der Waals surface area (Å²) in [7, 11) is 0. The van der Waals surface area contributed by atoms with Crippen molar-refractivity contribution in [1.29, 1.82) is 0 Å². The van der Waals surface area contributed by atoms with E-state index in [1.54, 1.807) is 35.6 Å². The summed E-state index contributed by atoms with van der Waals surface area (Å²) in [5.41, 5.74) is 2.98. The van der Waals surface area contributed by atoms with Gasteiger partial charge in [0, 0.05) is 22.0 Å². The highest BCUT2D eigenvalue weighted by molar-refractivity contribution is 7.10. The largest absolute Gasteiger partial charge is 0.454 e. The van der Waals surface area contributed by atoms with Crippen LogP contribution in [0, 0.1) is 0 Å². The van der Waals surface area contributed by atoms with Crippen LogP contribution in [0.2, 0.25) is 5.02 Å². The van der Waals surface area contributed by atoms with Gasteiger partial charge in [0.15, 0.2) is 11.5 Å². The number of carbonyl (C=O) groups is 1. The number of benzene rings is 2. The Bertz CT molecular complexity index is 1010. The molecule has 0 saturated heterocycles. The fourth-order valence-electron chi connectivity index (χ4n) is 3.70. The van der Waals surface area contributed by atoms with Crippen LogP contribution in [0.25, 0.3) is 0 Å². The number of carbonyl (C=O) groups excluding carboxylic acids is 1. The van der Waals surface area contributed by atoms with Crippen molar-refractivity contribution in [3.05, 3.63) is 80.5 Å². The zero-order valence-corrected chi connectivity index (χ0v) is 15.9. The summed E-state index contributed by atoms with van der Waals surface area (Å²) in [6.45, 7) is 0.908. The van der Waals surface area contributed by atoms with E-state index >= 15 is 0 Å². The summed E-state index contributed by atoms with van der Waals surface area (Å²) in [6.07, 6.45) is 0.860. The maximum atomic E-state index is 13.3. The van der Waals surface area contributed by atoms with Gasteiger partial charge in [-0.25, -0.2) is 0 Å². The fraction of sp³-hybridized carbons (Fsp3) is 0.190. The van der Waals surface area contributed by atoms with Crippen molar-refractivity contribution in [3.8, 4) is 11.5 Å². The lowest BCUT2D eigenvalue weighted by molar-refractivity contribution is 0.0698. The smallest absolute Gasteiger partial charge is 0.254 e. The summed E-state index contributed by atoms with van der Waals surface area (Å²) in [6, 6.07) is 15.0. The van der Waals surface area contributed by atoms with E-state index in [1.165, 1.54) is 10.4 Å². The first-order chi connectivity index (χ1) is 13.2. The summed E-state index contributed by atoms with van der Waals surface area (Å²) in [5.74, 6) is 1.49. The second-order valence-corrected chi connectivity index (χ2v) is 7.96. The van der Waals surface area contributed by atoms with Gasteiger partial charge in [0.25, 0.3) is 5.91 Å². The van der Waals surface area contributed by atoms with Gasteiger partial charge in [-0.15, -0.1) is 11.3 Å². The molecule has 4 nitrogen and oxygen atoms in total. The van der Waals surface area contributed by atoms with Crippen molar-refractivity contribution in [3.63, 3.8) is 0 Å². The number of hydrogen-bond donors (Lipinski definition) is 0. The van der Waals surface area contributed by atoms with Crippen LogP contribution in [0.3, 0.4) is 0 Å². The molecule has 1 amide bonds. The molecule has 3 heterocycles. The molecule has 0 radical (unpaired) electrons. The number of rotatable bonds is 2. The highest BCUT2D eigenvalue weighted by Gasteiger charge is 2.34. The molecular formula is C21H16ClNO3S. The summed E-state index contributed by atoms with van der Waals surface area (Å²) in [5, 5.41) is 2.72. The molecule has 3 aromatic rings. The number of halogens is 1. The van der Waals surface area contributed by atoms with E-state index in [1.807, 2.05) is 23.1 Å². The van der Waals surface area contributed by atoms with Gasteiger partial charge in [-0.3, -0.25) is 4.79 Å². The Morgan fingerprint density at radius 2 is 1.89 bits per heavy atom. The first-order valence-electron chi connectivity index (χ1n) is 8.73. The molecule has 1 atom stereocenters. The molecule has 5 rings (SSSR count). The van der Waals surface area contributed by atoms with Crippen molar-refractivity contribution in [1.82, 2.24) is 4.90 Å². The van der Waals surface area contributed by atoms with E-state index in [0.717, 1.165) is 23.5 Å². The molecule has 0 fully saturated rings. The van der Waals surface area contributed by atoms with Gasteiger partial charge in [-0.2, -0.15) is 0 Å². The molecule has 0 N–H and O–H groups in total. The Labute approximate surface area is 165 Å². The predicted octanol–water partition coefficient (Wildman–Crippen LogP) is 4.92. The molecule has 2 aliphatic heterocycles. The molecular weight excluding hydrogens is 382 g/mol. The number of thiophene rings is 1. The monoisotopic (exact) mass is 397 g/mol. The summed E-state index contributed by atoms with van der Waals surface area (Å²) < 4.78 is 11.0. The second-order valence-electron chi connectivity index (χ2n) is 6.58. The third-order valence-corrected chi connectivity index (χ3v) is 6.29. The summed E-state index contributed by atoms with van der Waals surface area (Å²) in [4.78, 5) is 16.4. The lowest BCUT2D eigenvalue weighted by Crippen LogP contribution is -2.40. The number of ether oxygens (including phenoxy) is 2. The average Bonchev–Trinajstić information content (AvgIpc) is 3.35. The highest BCUT2D eigenvalue weighted by atomic mass is 35.5. The van der Waals surface area contributed by atoms with Gasteiger partial charge >= 0.3 is 0 Å². The Morgan fingerprint density at radius 1 is 1.07 bits per heavy atom. The maximum absolute atomic E-state index is 13.3. The lowest BCUT2D eigenvalue weighted by atomic mass is 9.94. The molecule has 0 saturated carbocycles. The first-order valence-corrected chi connectivity index (χ1v) is 9.99. The van der Waals surface area contributed by atoms with E-state index in [2.05, 4.69) is 11.4 Å². The van der Waals surface area contributed by atoms with Crippen LogP contribution in [0.5, 0.6) is 11.5 Å². The standard InChI is InChI=1S/C21H16ClNO3S/c22-16-4-1-14(2-5-16)21(24)23-9-7-13-8-10-27-20(13)19(23)15-3-6-17-18(11-15)26-12-25-17/h1-6,8,10-11,19H,7,9,12H2. The normalized spacial score (nSPS) is 17.7. The van der Waals surface area contributed by atoms with Crippen LogP contribution in [-0.4, -0.2) is 24.1 Å². The zero-order valence-electron chi connectivity index (χ0n) is 14.4. The van der Waals surface area contributed by atoms with Crippen LogP contribution in [0.4, 0.5) is 0 Å². The van der Waals surface area contributed by atoms with Crippen molar-refractivity contribution >= 4 is 28.8 Å². The molecule has 2 aliphatic rings. The van der Waals surface area contributed by atoms with E-state index in [0.29, 0.717) is 17.1 Å². The maximum Gasteiger partial charge on any atom is 0.254 e. The Kier molecular flexibility index (Phi) is 4.06. The van der Waals surface area contributed by atoms with Gasteiger partial charge in [0.2, 0.25) is 6.79 Å². The highest BCUT2D eigenvalue weighted by Crippen LogP contribution is 2.42. The molecule has 0 aliphatic carbocycles. The van der Waals surface area contributed by atoms with E-state index in [4.69, 9.17) is 21.1 Å². The first kappa shape index (κ1) is 16.7. The van der Waals surface area contributed by atoms with E-state index < -0.39 is 0 Å². The van der Waals surface area contributed by atoms with Crippen LogP contribution in [0.15, 0.2) is 53.9 Å². The van der Waals surface area contributed by atoms with Crippen LogP contribution >= 0.6 is 22.9 Å². The minimum absolute atomic E-state index is 0.00776. The van der Waals surface area contributed by atoms with Crippen molar-refractivity contribution < 1.29 is 14.3 Å². The molecule has 136 valence electrons. The molecule has 6 heteroatoms. The van der Waals surface area contributed by atoms with E-state index in [-0.39, 0.29) is 18.7 Å². The molecule has 27 heavy (non-hydrogen) atoms. The quantitative estimate of drug-likeness (QED) is 0.616. The van der Waals surface area contributed by atoms with Gasteiger partial charge in [0.05, 0.1) is 6.04 Å². The third-order valence-electron chi connectivity index (χ3n) is 5.03. The zero-order chi connectivity index (χ0) is 18.4. The van der Waals surface area contributed by atoms with Crippen molar-refractivity contribution in [2.45, 2.75) is 12.5 Å². The topological polar surface area (TPSA) is 38.8 Å². The van der Waals surface area contributed by atoms with Crippen molar-refractivity contribution in [2.24, 2.45) is 0 Å². The second kappa shape index (κ2) is 6.59. The molecule has 0 spiro atoms. The van der Waals surface area contributed by atoms with Crippen LogP contribution in [0.1, 0.15) is 32.4 Å². The Hall–Kier alpha value is -2.50. The number of amides is 1. The molecule has 1 unspecified atom stereocenters. The summed E-state index contributed by atoms with van der Waals surface area (Å²) >= 11 is 7.68. The van der Waals surface area contributed by atoms with Gasteiger partial charge in [-0.1, -0.05) is 17.7 Å². The number of nitrogens with zero attached hydrogens (tertiary/aromatic N) is 1. The minimum atomic E-state index is -0.133. The van der Waals surface area contributed by atoms with Gasteiger partial charge in [-0.05, 0) is 65.4 Å². The van der Waals surface area contributed by atoms with Gasteiger partial charge in [0.1, 0.15) is 0 Å². The SMILES string of the molecule is O=C(c1ccc(Cl)cc1)N1CCc2ccsc2C1c1ccc2c(c1)OCO2. The molecule has 1 aromatic heterocycles. The minimum Gasteiger partial charge on any atom is -0.454 e. The van der Waals surface area contributed by atoms with Crippen LogP contribution < -0.4 is 9.47 Å². The molecule has 2 aromatic carbocycles. The van der Waals surface area contributed by atoms with Gasteiger partial charge < -0.3 is 14.4 Å². The third kappa shape index (κ3) is 2.87. The fourth-order valence-corrected chi connectivity index (χ4v) is 4.92. The Morgan fingerprint density at radius 3 is 2.74 bits per heavy atom. The Balaban J connectivity index is 1.58. The number of fused-ring (bicyclic) bond motifs is 2. The lowest BCUT2D eigenvalue weighted by Gasteiger charge is -2.36.